The van der Waals surface area contributed by atoms with Crippen LogP contribution in [-0.4, -0.2) is 30.3 Å². The quantitative estimate of drug-likeness (QED) is 0.636. The van der Waals surface area contributed by atoms with Gasteiger partial charge in [-0.15, -0.1) is 11.8 Å². The zero-order valence-corrected chi connectivity index (χ0v) is 15.8. The summed E-state index contributed by atoms with van der Waals surface area (Å²) < 4.78 is 11.0. The van der Waals surface area contributed by atoms with Crippen LogP contribution in [0.5, 0.6) is 5.75 Å². The van der Waals surface area contributed by atoms with Crippen molar-refractivity contribution in [2.45, 2.75) is 30.9 Å². The summed E-state index contributed by atoms with van der Waals surface area (Å²) in [6.45, 7) is 6.26. The van der Waals surface area contributed by atoms with Crippen molar-refractivity contribution in [1.29, 1.82) is 0 Å². The number of carbonyl (C=O) groups is 2. The lowest BCUT2D eigenvalue weighted by molar-refractivity contribution is -0.115. The van der Waals surface area contributed by atoms with Gasteiger partial charge in [-0.1, -0.05) is 12.1 Å². The number of nitrogens with one attached hydrogen (secondary N) is 1. The molecule has 0 radical (unpaired) electrons. The van der Waals surface area contributed by atoms with Crippen LogP contribution in [0.3, 0.4) is 0 Å². The van der Waals surface area contributed by atoms with Gasteiger partial charge in [-0.2, -0.15) is 0 Å². The highest BCUT2D eigenvalue weighted by Crippen LogP contribution is 2.36. The largest absolute Gasteiger partial charge is 0.490 e. The van der Waals surface area contributed by atoms with Gasteiger partial charge in [-0.3, -0.25) is 4.79 Å². The molecule has 0 saturated heterocycles. The van der Waals surface area contributed by atoms with Crippen molar-refractivity contribution in [2.24, 2.45) is 0 Å². The number of rotatable bonds is 5. The van der Waals surface area contributed by atoms with Crippen LogP contribution in [0.25, 0.3) is 0 Å². The van der Waals surface area contributed by atoms with Gasteiger partial charge in [0.2, 0.25) is 5.91 Å². The highest BCUT2D eigenvalue weighted by molar-refractivity contribution is 8.00. The molecule has 3 rings (SSSR count). The molecule has 0 bridgehead atoms. The van der Waals surface area contributed by atoms with Gasteiger partial charge < -0.3 is 14.8 Å². The molecule has 26 heavy (non-hydrogen) atoms. The van der Waals surface area contributed by atoms with Gasteiger partial charge in [0.1, 0.15) is 19.0 Å². The molecule has 0 fully saturated rings. The Morgan fingerprint density at radius 2 is 1.96 bits per heavy atom. The van der Waals surface area contributed by atoms with Crippen molar-refractivity contribution >= 4 is 29.3 Å². The maximum absolute atomic E-state index is 12.2. The first-order valence-corrected chi connectivity index (χ1v) is 9.31. The van der Waals surface area contributed by atoms with Crippen LogP contribution in [0.2, 0.25) is 0 Å². The highest BCUT2D eigenvalue weighted by atomic mass is 32.2. The Morgan fingerprint density at radius 3 is 2.77 bits per heavy atom. The molecule has 1 atom stereocenters. The predicted molar refractivity (Wildman–Crippen MR) is 102 cm³/mol. The highest BCUT2D eigenvalue weighted by Gasteiger charge is 2.24. The average molecular weight is 371 g/mol. The molecule has 0 saturated carbocycles. The van der Waals surface area contributed by atoms with Crippen LogP contribution in [0.1, 0.15) is 28.4 Å². The summed E-state index contributed by atoms with van der Waals surface area (Å²) in [4.78, 5) is 24.9. The molecule has 1 aliphatic rings. The standard InChI is InChI=1S/C20H21NO4S/c1-12-4-5-13(2)17(10-12)24-8-9-25-20(23)15-6-7-18-16(11-15)21-19(22)14(3)26-18/h4-7,10-11,14H,8-9H2,1-3H3,(H,21,22). The first-order chi connectivity index (χ1) is 12.4. The Labute approximate surface area is 157 Å². The monoisotopic (exact) mass is 371 g/mol. The normalized spacial score (nSPS) is 15.8. The van der Waals surface area contributed by atoms with Crippen molar-refractivity contribution in [1.82, 2.24) is 0 Å². The van der Waals surface area contributed by atoms with Gasteiger partial charge in [0.25, 0.3) is 0 Å². The van der Waals surface area contributed by atoms with Gasteiger partial charge in [-0.25, -0.2) is 4.79 Å². The van der Waals surface area contributed by atoms with E-state index in [-0.39, 0.29) is 24.4 Å². The van der Waals surface area contributed by atoms with Crippen molar-refractivity contribution < 1.29 is 19.1 Å². The van der Waals surface area contributed by atoms with E-state index in [0.717, 1.165) is 21.8 Å². The second-order valence-corrected chi connectivity index (χ2v) is 7.60. The first kappa shape index (κ1) is 18.3. The Morgan fingerprint density at radius 1 is 1.15 bits per heavy atom. The topological polar surface area (TPSA) is 64.6 Å². The number of esters is 1. The number of hydrogen-bond acceptors (Lipinski definition) is 5. The molecule has 1 amide bonds. The van der Waals surface area contributed by atoms with Crippen LogP contribution in [0.15, 0.2) is 41.3 Å². The number of fused-ring (bicyclic) bond motifs is 1. The van der Waals surface area contributed by atoms with Crippen LogP contribution >= 0.6 is 11.8 Å². The van der Waals surface area contributed by atoms with E-state index in [4.69, 9.17) is 9.47 Å². The third-order valence-electron chi connectivity index (χ3n) is 4.06. The fourth-order valence-corrected chi connectivity index (χ4v) is 3.50. The number of hydrogen-bond donors (Lipinski definition) is 1. The number of anilines is 1. The van der Waals surface area contributed by atoms with Crippen molar-refractivity contribution in [3.8, 4) is 5.75 Å². The van der Waals surface area contributed by atoms with E-state index in [0.29, 0.717) is 11.3 Å². The summed E-state index contributed by atoms with van der Waals surface area (Å²) in [5, 5.41) is 2.68. The number of carbonyl (C=O) groups excluding carboxylic acids is 2. The summed E-state index contributed by atoms with van der Waals surface area (Å²) in [5.41, 5.74) is 3.22. The van der Waals surface area contributed by atoms with E-state index in [1.165, 1.54) is 11.8 Å². The molecular formula is C20H21NO4S. The summed E-state index contributed by atoms with van der Waals surface area (Å²) in [7, 11) is 0. The molecule has 5 nitrogen and oxygen atoms in total. The summed E-state index contributed by atoms with van der Waals surface area (Å²) in [6, 6.07) is 11.2. The van der Waals surface area contributed by atoms with Crippen molar-refractivity contribution in [2.75, 3.05) is 18.5 Å². The van der Waals surface area contributed by atoms with E-state index in [1.807, 2.05) is 45.0 Å². The van der Waals surface area contributed by atoms with Gasteiger partial charge in [-0.05, 0) is 56.2 Å². The molecule has 2 aromatic carbocycles. The van der Waals surface area contributed by atoms with E-state index in [1.54, 1.807) is 12.1 Å². The maximum atomic E-state index is 12.2. The molecule has 1 unspecified atom stereocenters. The molecule has 6 heteroatoms. The average Bonchev–Trinajstić information content (AvgIpc) is 2.62. The van der Waals surface area contributed by atoms with Crippen molar-refractivity contribution in [3.05, 3.63) is 53.1 Å². The zero-order chi connectivity index (χ0) is 18.7. The summed E-state index contributed by atoms with van der Waals surface area (Å²) >= 11 is 1.48. The van der Waals surface area contributed by atoms with Crippen LogP contribution < -0.4 is 10.1 Å². The molecule has 2 aromatic rings. The number of aryl methyl sites for hydroxylation is 2. The second-order valence-electron chi connectivity index (χ2n) is 6.21. The molecule has 1 aliphatic heterocycles. The molecule has 0 aliphatic carbocycles. The van der Waals surface area contributed by atoms with E-state index < -0.39 is 5.97 Å². The minimum atomic E-state index is -0.435. The number of ether oxygens (including phenoxy) is 2. The molecule has 1 N–H and O–H groups in total. The third kappa shape index (κ3) is 4.19. The molecule has 0 spiro atoms. The van der Waals surface area contributed by atoms with Crippen LogP contribution in [0.4, 0.5) is 5.69 Å². The van der Waals surface area contributed by atoms with Crippen molar-refractivity contribution in [3.63, 3.8) is 0 Å². The fraction of sp³-hybridized carbons (Fsp3) is 0.300. The SMILES string of the molecule is Cc1ccc(C)c(OCCOC(=O)c2ccc3c(c2)NC(=O)C(C)S3)c1. The molecule has 0 aromatic heterocycles. The van der Waals surface area contributed by atoms with Crippen LogP contribution in [0, 0.1) is 13.8 Å². The number of thioether (sulfide) groups is 1. The van der Waals surface area contributed by atoms with Gasteiger partial charge in [0.05, 0.1) is 16.5 Å². The Hall–Kier alpha value is -2.47. The Kier molecular flexibility index (Phi) is 5.52. The predicted octanol–water partition coefficient (Wildman–Crippen LogP) is 3.97. The lowest BCUT2D eigenvalue weighted by Gasteiger charge is -2.21. The van der Waals surface area contributed by atoms with Gasteiger partial charge >= 0.3 is 5.97 Å². The number of benzene rings is 2. The van der Waals surface area contributed by atoms with Gasteiger partial charge in [0.15, 0.2) is 0 Å². The minimum absolute atomic E-state index is 0.0602. The van der Waals surface area contributed by atoms with Crippen LogP contribution in [-0.2, 0) is 9.53 Å². The molecule has 136 valence electrons. The van der Waals surface area contributed by atoms with E-state index in [9.17, 15) is 9.59 Å². The summed E-state index contributed by atoms with van der Waals surface area (Å²) in [6.07, 6.45) is 0. The first-order valence-electron chi connectivity index (χ1n) is 8.43. The minimum Gasteiger partial charge on any atom is -0.490 e. The molecular weight excluding hydrogens is 350 g/mol. The Balaban J connectivity index is 1.55. The number of amides is 1. The third-order valence-corrected chi connectivity index (χ3v) is 5.24. The maximum Gasteiger partial charge on any atom is 0.338 e. The lowest BCUT2D eigenvalue weighted by atomic mass is 10.1. The van der Waals surface area contributed by atoms with Gasteiger partial charge in [0, 0.05) is 4.90 Å². The van der Waals surface area contributed by atoms with E-state index >= 15 is 0 Å². The zero-order valence-electron chi connectivity index (χ0n) is 15.0. The summed E-state index contributed by atoms with van der Waals surface area (Å²) in [5.74, 6) is 0.300. The Bertz CT molecular complexity index is 850. The second kappa shape index (κ2) is 7.83. The van der Waals surface area contributed by atoms with E-state index in [2.05, 4.69) is 5.32 Å². The lowest BCUT2D eigenvalue weighted by Crippen LogP contribution is -2.26. The fourth-order valence-electron chi connectivity index (χ4n) is 2.57. The molecule has 1 heterocycles. The smallest absolute Gasteiger partial charge is 0.338 e.